The van der Waals surface area contributed by atoms with Crippen molar-refractivity contribution in [3.63, 3.8) is 0 Å². The number of imidazole rings is 2. The van der Waals surface area contributed by atoms with Crippen molar-refractivity contribution >= 4 is 143 Å². The molecule has 0 saturated carbocycles. The first-order valence-electron chi connectivity index (χ1n) is 39.1. The molecule has 0 radical (unpaired) electrons. The van der Waals surface area contributed by atoms with Crippen molar-refractivity contribution in [1.82, 2.24) is 36.5 Å². The Balaban J connectivity index is 0.578. The predicted octanol–water partition coefficient (Wildman–Crippen LogP) is 25.2. The van der Waals surface area contributed by atoms with E-state index in [2.05, 4.69) is 344 Å². The third kappa shape index (κ3) is 10.3. The van der Waals surface area contributed by atoms with E-state index in [9.17, 15) is 0 Å². The van der Waals surface area contributed by atoms with Gasteiger partial charge in [0.05, 0.1) is 88.9 Å². The second-order valence-corrected chi connectivity index (χ2v) is 29.6. The molecule has 0 saturated heterocycles. The van der Waals surface area contributed by atoms with Gasteiger partial charge in [0, 0.05) is 100.0 Å². The maximum Gasteiger partial charge on any atom is 0.338 e. The van der Waals surface area contributed by atoms with Crippen LogP contribution in [0, 0.1) is 0 Å². The average molecular weight is 1490 g/mol. The van der Waals surface area contributed by atoms with Gasteiger partial charge in [-0.05, 0) is 243 Å². The highest BCUT2D eigenvalue weighted by molar-refractivity contribution is 6.12. The van der Waals surface area contributed by atoms with Crippen LogP contribution in [0.4, 0.5) is 34.1 Å². The van der Waals surface area contributed by atoms with Crippen molar-refractivity contribution in [3.05, 3.63) is 433 Å². The molecule has 0 N–H and O–H groups in total. The van der Waals surface area contributed by atoms with Gasteiger partial charge in [-0.15, -0.1) is 0 Å². The maximum atomic E-state index is 15.4. The van der Waals surface area contributed by atoms with E-state index in [-0.39, 0.29) is 11.4 Å². The highest BCUT2D eigenvalue weighted by Crippen LogP contribution is 2.43. The Morgan fingerprint density at radius 1 is 0.129 bits per heavy atom. The van der Waals surface area contributed by atoms with Gasteiger partial charge in [-0.1, -0.05) is 170 Å². The van der Waals surface area contributed by atoms with Crippen LogP contribution in [-0.2, 0) is 0 Å². The van der Waals surface area contributed by atoms with E-state index < -0.39 is 0 Å². The Labute approximate surface area is 664 Å². The third-order valence-corrected chi connectivity index (χ3v) is 23.4. The summed E-state index contributed by atoms with van der Waals surface area (Å²) in [6.45, 7) is 0. The molecule has 0 unspecified atom stereocenters. The van der Waals surface area contributed by atoms with Crippen molar-refractivity contribution in [1.29, 1.82) is 0 Å². The van der Waals surface area contributed by atoms with Crippen molar-refractivity contribution in [2.24, 2.45) is 0 Å². The van der Waals surface area contributed by atoms with E-state index in [0.29, 0.717) is 22.7 Å². The highest BCUT2D eigenvalue weighted by atomic mass is 16.2. The molecule has 0 aliphatic carbocycles. The van der Waals surface area contributed by atoms with Crippen LogP contribution >= 0.6 is 0 Å². The number of nitrogens with zero attached hydrogens (tertiary/aromatic N) is 10. The van der Waals surface area contributed by atoms with Crippen LogP contribution in [0.15, 0.2) is 422 Å². The molecule has 0 fully saturated rings. The van der Waals surface area contributed by atoms with Crippen molar-refractivity contribution < 1.29 is 0 Å². The molecule has 0 aliphatic heterocycles. The lowest BCUT2D eigenvalue weighted by Gasteiger charge is -2.26. The molecule has 0 bridgehead atoms. The zero-order chi connectivity index (χ0) is 76.6. The molecule has 0 aliphatic rings. The van der Waals surface area contributed by atoms with Gasteiger partial charge in [0.1, 0.15) is 0 Å². The number of anilines is 6. The number of para-hydroxylation sites is 12. The summed E-state index contributed by atoms with van der Waals surface area (Å²) in [6.07, 6.45) is 0. The topological polar surface area (TPSA) is 80.1 Å². The Morgan fingerprint density at radius 2 is 0.250 bits per heavy atom. The number of rotatable bonds is 14. The molecule has 23 rings (SSSR count). The van der Waals surface area contributed by atoms with Gasteiger partial charge in [-0.2, -0.15) is 0 Å². The molecule has 17 aromatic carbocycles. The predicted molar refractivity (Wildman–Crippen MR) is 478 cm³/mol. The van der Waals surface area contributed by atoms with Gasteiger partial charge in [0.2, 0.25) is 0 Å². The van der Waals surface area contributed by atoms with Crippen LogP contribution in [0.5, 0.6) is 0 Å². The lowest BCUT2D eigenvalue weighted by molar-refractivity contribution is 0.919. The quantitative estimate of drug-likeness (QED) is 0.109. The second kappa shape index (κ2) is 26.4. The number of benzene rings is 17. The van der Waals surface area contributed by atoms with E-state index in [1.54, 1.807) is 18.3 Å². The Hall–Kier alpha value is -15.9. The highest BCUT2D eigenvalue weighted by Gasteiger charge is 2.25. The summed E-state index contributed by atoms with van der Waals surface area (Å²) in [4.78, 5) is 35.4. The normalized spacial score (nSPS) is 11.9. The van der Waals surface area contributed by atoms with Gasteiger partial charge in [0.15, 0.2) is 0 Å². The van der Waals surface area contributed by atoms with Crippen molar-refractivity contribution in [3.8, 4) is 45.5 Å². The van der Waals surface area contributed by atoms with Crippen LogP contribution in [-0.4, -0.2) is 36.5 Å². The third-order valence-electron chi connectivity index (χ3n) is 23.4. The molecule has 23 aromatic rings. The molecular formula is C104H68N10O2. The molecule has 6 heterocycles. The van der Waals surface area contributed by atoms with E-state index in [0.717, 1.165) is 123 Å². The zero-order valence-corrected chi connectivity index (χ0v) is 62.5. The van der Waals surface area contributed by atoms with Crippen LogP contribution in [0.2, 0.25) is 0 Å². The summed E-state index contributed by atoms with van der Waals surface area (Å²) in [5, 5.41) is 9.68. The van der Waals surface area contributed by atoms with E-state index in [1.807, 2.05) is 97.1 Å². The van der Waals surface area contributed by atoms with Crippen LogP contribution in [0.1, 0.15) is 0 Å². The van der Waals surface area contributed by atoms with Crippen molar-refractivity contribution in [2.45, 2.75) is 0 Å². The van der Waals surface area contributed by atoms with Gasteiger partial charge >= 0.3 is 11.4 Å². The summed E-state index contributed by atoms with van der Waals surface area (Å²) in [6, 6.07) is 144. The average Bonchev–Trinajstić information content (AvgIpc) is 1.63. The molecular weight excluding hydrogens is 1420 g/mol. The van der Waals surface area contributed by atoms with Crippen LogP contribution in [0.25, 0.3) is 155 Å². The first kappa shape index (κ1) is 65.9. The minimum atomic E-state index is -0.228. The fourth-order valence-electron chi connectivity index (χ4n) is 18.2. The molecule has 116 heavy (non-hydrogen) atoms. The largest absolute Gasteiger partial charge is 0.338 e. The molecule has 0 spiro atoms. The van der Waals surface area contributed by atoms with Crippen molar-refractivity contribution in [2.75, 3.05) is 9.80 Å². The van der Waals surface area contributed by atoms with Crippen LogP contribution < -0.4 is 21.2 Å². The first-order valence-corrected chi connectivity index (χ1v) is 39.1. The monoisotopic (exact) mass is 1490 g/mol. The van der Waals surface area contributed by atoms with Gasteiger partial charge in [-0.25, -0.2) is 9.59 Å². The smallest absolute Gasteiger partial charge is 0.310 e. The summed E-state index contributed by atoms with van der Waals surface area (Å²) >= 11 is 0. The fourth-order valence-corrected chi connectivity index (χ4v) is 18.2. The summed E-state index contributed by atoms with van der Waals surface area (Å²) < 4.78 is 16.5. The number of fused-ring (bicyclic) bond motifs is 14. The summed E-state index contributed by atoms with van der Waals surface area (Å²) in [5.74, 6) is 0. The fraction of sp³-hybridized carbons (Fsp3) is 0. The minimum Gasteiger partial charge on any atom is -0.310 e. The lowest BCUT2D eigenvalue weighted by Crippen LogP contribution is -2.23. The number of aromatic nitrogens is 8. The van der Waals surface area contributed by atoms with E-state index >= 15 is 9.59 Å². The Morgan fingerprint density at radius 3 is 0.405 bits per heavy atom. The Kier molecular flexibility index (Phi) is 15.0. The lowest BCUT2D eigenvalue weighted by atomic mass is 10.1. The standard InChI is InChI=1S/C104H68N10O2/c115-103-111(79-61-49-73(50-62-79)105(69-41-53-75(54-42-69)107-91-29-9-1-21-83(91)84-22-2-10-30-92(84)107)70-43-55-76(56-44-70)108-93-31-11-3-23-85(93)86-24-4-12-32-94(86)108)99-37-17-19-39-101(99)113(103)81-65-67-82(68-66-81)114-102-40-20-18-38-100(102)112(104(114)116)80-63-51-74(52-64-80)106(71-45-57-77(58-46-71)109-95-33-13-5-25-87(95)88-26-6-14-34-96(88)109)72-47-59-78(60-48-72)110-97-35-15-7-27-89(97)90-28-8-16-36-98(90)110/h1-68H. The molecule has 546 valence electrons. The Bertz CT molecular complexity index is 6970. The molecule has 0 atom stereocenters. The minimum absolute atomic E-state index is 0.228. The first-order chi connectivity index (χ1) is 57.4. The summed E-state index contributed by atoms with van der Waals surface area (Å²) in [5.41, 5.74) is 24.4. The number of hydrogen-bond donors (Lipinski definition) is 0. The molecule has 6 aromatic heterocycles. The van der Waals surface area contributed by atoms with Gasteiger partial charge in [-0.3, -0.25) is 18.3 Å². The second-order valence-electron chi connectivity index (χ2n) is 29.6. The van der Waals surface area contributed by atoms with Crippen LogP contribution in [0.3, 0.4) is 0 Å². The van der Waals surface area contributed by atoms with E-state index in [4.69, 9.17) is 0 Å². The van der Waals surface area contributed by atoms with Gasteiger partial charge < -0.3 is 28.1 Å². The van der Waals surface area contributed by atoms with E-state index in [1.165, 1.54) is 43.1 Å². The molecule has 0 amide bonds. The SMILES string of the molecule is O=c1n(-c2ccc(N(c3ccc(-n4c5ccccc5c5ccccc54)cc3)c3ccc(-n4c5ccccc5c5ccccc54)cc3)cc2)c2ccccc2n1-c1ccc(-n2c(=O)n(-c3ccc(N(c4ccc(-n5c6ccccc6c6ccccc65)cc4)c4ccc(-n5c6ccccc6c6ccccc65)cc4)cc3)c3ccccc32)cc1. The molecule has 12 heteroatoms. The zero-order valence-electron chi connectivity index (χ0n) is 62.5. The van der Waals surface area contributed by atoms with Gasteiger partial charge in [0.25, 0.3) is 0 Å². The number of hydrogen-bond acceptors (Lipinski definition) is 4. The maximum absolute atomic E-state index is 15.4. The summed E-state index contributed by atoms with van der Waals surface area (Å²) in [7, 11) is 0. The molecule has 12 nitrogen and oxygen atoms in total.